The second-order valence-electron chi connectivity index (χ2n) is 14.8. The highest BCUT2D eigenvalue weighted by Gasteiger charge is 2.42. The first kappa shape index (κ1) is 39.1. The fourth-order valence-electron chi connectivity index (χ4n) is 7.84. The summed E-state index contributed by atoms with van der Waals surface area (Å²) in [6.45, 7) is 0.523. The number of unbranched alkanes of at least 4 members (excludes halogenated alkanes) is 3. The van der Waals surface area contributed by atoms with Crippen LogP contribution in [0, 0.1) is 11.8 Å². The fraction of sp³-hybridized carbons (Fsp3) is 0.575. The Bertz CT molecular complexity index is 1800. The van der Waals surface area contributed by atoms with E-state index in [1.165, 1.54) is 24.0 Å². The van der Waals surface area contributed by atoms with Gasteiger partial charge in [-0.05, 0) is 94.2 Å². The molecule has 0 bridgehead atoms. The molecule has 2 saturated carbocycles. The van der Waals surface area contributed by atoms with E-state index in [0.717, 1.165) is 80.8 Å². The monoisotopic (exact) mass is 760 g/mol. The quantitative estimate of drug-likeness (QED) is 0.0973. The van der Waals surface area contributed by atoms with Gasteiger partial charge in [-0.25, -0.2) is 9.78 Å². The molecule has 4 heterocycles. The Morgan fingerprint density at radius 2 is 1.89 bits per heavy atom. The maximum Gasteiger partial charge on any atom is 0.409 e. The van der Waals surface area contributed by atoms with Crippen LogP contribution in [-0.2, 0) is 23.9 Å². The van der Waals surface area contributed by atoms with Gasteiger partial charge in [0.1, 0.15) is 28.8 Å². The van der Waals surface area contributed by atoms with E-state index in [1.807, 2.05) is 29.6 Å². The summed E-state index contributed by atoms with van der Waals surface area (Å²) < 4.78 is 17.1. The number of amides is 3. The van der Waals surface area contributed by atoms with E-state index < -0.39 is 24.0 Å². The number of esters is 1. The molecule has 3 fully saturated rings. The summed E-state index contributed by atoms with van der Waals surface area (Å²) in [6, 6.07) is 6.58. The summed E-state index contributed by atoms with van der Waals surface area (Å²) in [6.07, 6.45) is 14.3. The van der Waals surface area contributed by atoms with Crippen LogP contribution in [0.1, 0.15) is 89.9 Å². The van der Waals surface area contributed by atoms with E-state index in [9.17, 15) is 19.2 Å². The van der Waals surface area contributed by atoms with E-state index in [4.69, 9.17) is 24.9 Å². The normalized spacial score (nSPS) is 21.4. The number of nitrogens with zero attached hydrogens (tertiary/aromatic N) is 5. The number of methoxy groups -OCH3 is 1. The Morgan fingerprint density at radius 3 is 2.65 bits per heavy atom. The molecule has 0 radical (unpaired) electrons. The molecule has 0 spiro atoms. The number of fused-ring (bicyclic) bond motifs is 1. The lowest BCUT2D eigenvalue weighted by Gasteiger charge is -2.28. The Balaban J connectivity index is 1.11. The van der Waals surface area contributed by atoms with Gasteiger partial charge >= 0.3 is 12.1 Å². The number of aromatic nitrogens is 3. The topological polar surface area (TPSA) is 167 Å². The number of likely N-dealkylation sites (tertiary alicyclic amines) is 1. The van der Waals surface area contributed by atoms with Gasteiger partial charge in [0, 0.05) is 32.1 Å². The van der Waals surface area contributed by atoms with Crippen LogP contribution in [0.3, 0.4) is 0 Å². The van der Waals surface area contributed by atoms with Gasteiger partial charge in [0.15, 0.2) is 5.82 Å². The van der Waals surface area contributed by atoms with Crippen LogP contribution >= 0.6 is 11.3 Å². The van der Waals surface area contributed by atoms with Gasteiger partial charge in [-0.1, -0.05) is 30.6 Å². The Labute approximate surface area is 320 Å². The molecule has 2 aliphatic carbocycles. The summed E-state index contributed by atoms with van der Waals surface area (Å²) >= 11 is 1.47. The molecule has 290 valence electrons. The summed E-state index contributed by atoms with van der Waals surface area (Å²) in [5.74, 6) is -0.554. The molecule has 0 aromatic carbocycles. The predicted octanol–water partition coefficient (Wildman–Crippen LogP) is 6.45. The van der Waals surface area contributed by atoms with Crippen molar-refractivity contribution in [3.05, 3.63) is 47.5 Å². The summed E-state index contributed by atoms with van der Waals surface area (Å²) in [5, 5.41) is 2.67. The third-order valence-corrected chi connectivity index (χ3v) is 11.7. The van der Waals surface area contributed by atoms with Crippen LogP contribution in [0.2, 0.25) is 0 Å². The van der Waals surface area contributed by atoms with Crippen molar-refractivity contribution in [1.29, 1.82) is 0 Å². The Morgan fingerprint density at radius 1 is 1.06 bits per heavy atom. The van der Waals surface area contributed by atoms with Crippen molar-refractivity contribution >= 4 is 45.4 Å². The van der Waals surface area contributed by atoms with Crippen LogP contribution in [-0.4, -0.2) is 94.1 Å². The van der Waals surface area contributed by atoms with E-state index in [0.29, 0.717) is 36.8 Å². The van der Waals surface area contributed by atoms with Crippen molar-refractivity contribution in [2.75, 3.05) is 27.2 Å². The second kappa shape index (κ2) is 18.6. The molecule has 2 N–H and O–H groups in total. The zero-order chi connectivity index (χ0) is 38.0. The average Bonchev–Trinajstić information content (AvgIpc) is 4.02. The summed E-state index contributed by atoms with van der Waals surface area (Å²) in [5.41, 5.74) is 7.83. The van der Waals surface area contributed by atoms with Gasteiger partial charge in [0.25, 0.3) is 0 Å². The standard InChI is InChI=1S/C40H52N6O7S/c1-45(40(50)53-29-13-7-8-14-29)21-18-27(12-6-4-3-5-11-26-16-17-28(23-26)39(49)51-2)38(48)46-25-30(24-33(46)34(41)47)52-36-31-19-22-54-37(31)44-35(43-36)32-15-9-10-20-42-32/h9-11,15,19-20,22,27-30,33H,3-8,12-14,16-18,21,23-25H2,1-2H3,(H2,41,47)/b26-11-/t27?,28-,30?,33-/m0/s1. The summed E-state index contributed by atoms with van der Waals surface area (Å²) in [4.78, 5) is 69.6. The lowest BCUT2D eigenvalue weighted by molar-refractivity contribution is -0.145. The zero-order valence-corrected chi connectivity index (χ0v) is 32.1. The molecule has 2 unspecified atom stereocenters. The average molecular weight is 761 g/mol. The molecule has 6 rings (SSSR count). The molecular formula is C40H52N6O7S. The van der Waals surface area contributed by atoms with Crippen molar-refractivity contribution in [3.8, 4) is 17.4 Å². The minimum atomic E-state index is -0.836. The number of hydrogen-bond acceptors (Lipinski definition) is 11. The minimum absolute atomic E-state index is 0.0388. The number of hydrogen-bond donors (Lipinski definition) is 1. The Kier molecular flexibility index (Phi) is 13.5. The van der Waals surface area contributed by atoms with E-state index in [1.54, 1.807) is 23.0 Å². The van der Waals surface area contributed by atoms with Gasteiger partial charge in [0.05, 0.1) is 25.0 Å². The lowest BCUT2D eigenvalue weighted by Crippen LogP contribution is -2.46. The third-order valence-electron chi connectivity index (χ3n) is 10.9. The molecule has 1 aliphatic heterocycles. The Hall–Kier alpha value is -4.59. The first-order valence-corrected chi connectivity index (χ1v) is 20.2. The number of allylic oxidation sites excluding steroid dienone is 2. The fourth-order valence-corrected chi connectivity index (χ4v) is 8.59. The molecule has 3 aromatic heterocycles. The molecule has 13 nitrogen and oxygen atoms in total. The number of primary amides is 1. The number of pyridine rings is 1. The minimum Gasteiger partial charge on any atom is -0.472 e. The van der Waals surface area contributed by atoms with Crippen LogP contribution in [0.15, 0.2) is 47.5 Å². The SMILES string of the molecule is COC(=O)[C@H]1CC/C(=C/CCCCCC(CCN(C)C(=O)OC2CCCC2)C(=O)N2CC(Oc3nc(-c4ccccn4)nc4sccc34)C[C@H]2C(N)=O)C1. The number of carbonyl (C=O) groups excluding carboxylic acids is 4. The maximum atomic E-state index is 14.4. The van der Waals surface area contributed by atoms with Crippen LogP contribution < -0.4 is 10.5 Å². The van der Waals surface area contributed by atoms with Crippen molar-refractivity contribution in [1.82, 2.24) is 24.8 Å². The number of thiophene rings is 1. The van der Waals surface area contributed by atoms with Gasteiger partial charge in [-0.15, -0.1) is 11.3 Å². The van der Waals surface area contributed by atoms with Gasteiger partial charge < -0.3 is 29.7 Å². The summed E-state index contributed by atoms with van der Waals surface area (Å²) in [7, 11) is 3.14. The molecule has 54 heavy (non-hydrogen) atoms. The predicted molar refractivity (Wildman–Crippen MR) is 204 cm³/mol. The van der Waals surface area contributed by atoms with Crippen LogP contribution in [0.4, 0.5) is 4.79 Å². The smallest absolute Gasteiger partial charge is 0.409 e. The second-order valence-corrected chi connectivity index (χ2v) is 15.6. The largest absolute Gasteiger partial charge is 0.472 e. The maximum absolute atomic E-state index is 14.4. The van der Waals surface area contributed by atoms with Gasteiger partial charge in [-0.2, -0.15) is 4.98 Å². The van der Waals surface area contributed by atoms with Crippen molar-refractivity contribution in [3.63, 3.8) is 0 Å². The van der Waals surface area contributed by atoms with Crippen molar-refractivity contribution in [2.24, 2.45) is 17.6 Å². The van der Waals surface area contributed by atoms with Crippen molar-refractivity contribution in [2.45, 2.75) is 108 Å². The van der Waals surface area contributed by atoms with Crippen LogP contribution in [0.25, 0.3) is 21.7 Å². The first-order valence-electron chi connectivity index (χ1n) is 19.3. The first-order chi connectivity index (χ1) is 26.2. The highest BCUT2D eigenvalue weighted by molar-refractivity contribution is 7.16. The molecular weight excluding hydrogens is 709 g/mol. The van der Waals surface area contributed by atoms with Gasteiger partial charge in [-0.3, -0.25) is 19.4 Å². The molecule has 4 atom stereocenters. The molecule has 14 heteroatoms. The number of rotatable bonds is 16. The number of carbonyl (C=O) groups is 4. The third kappa shape index (κ3) is 9.93. The number of nitrogens with two attached hydrogens (primary N) is 1. The molecule has 3 amide bonds. The lowest BCUT2D eigenvalue weighted by atomic mass is 9.95. The highest BCUT2D eigenvalue weighted by Crippen LogP contribution is 2.34. The van der Waals surface area contributed by atoms with E-state index >= 15 is 0 Å². The molecule has 3 aromatic rings. The molecule has 3 aliphatic rings. The molecule has 1 saturated heterocycles. The van der Waals surface area contributed by atoms with Crippen molar-refractivity contribution < 1.29 is 33.4 Å². The van der Waals surface area contributed by atoms with E-state index in [2.05, 4.69) is 16.0 Å². The van der Waals surface area contributed by atoms with Gasteiger partial charge in [0.2, 0.25) is 17.7 Å². The highest BCUT2D eigenvalue weighted by atomic mass is 32.1. The van der Waals surface area contributed by atoms with Crippen LogP contribution in [0.5, 0.6) is 5.88 Å². The number of ether oxygens (including phenoxy) is 3. The van der Waals surface area contributed by atoms with E-state index in [-0.39, 0.29) is 43.0 Å². The zero-order valence-electron chi connectivity index (χ0n) is 31.3.